The van der Waals surface area contributed by atoms with Crippen molar-refractivity contribution >= 4 is 17.2 Å². The number of aromatic nitrogens is 1. The van der Waals surface area contributed by atoms with Crippen LogP contribution in [-0.4, -0.2) is 30.5 Å². The molecule has 1 atom stereocenters. The Morgan fingerprint density at radius 1 is 1.48 bits per heavy atom. The van der Waals surface area contributed by atoms with E-state index in [-0.39, 0.29) is 12.0 Å². The summed E-state index contributed by atoms with van der Waals surface area (Å²) in [6.45, 7) is 4.64. The molecule has 0 aliphatic rings. The van der Waals surface area contributed by atoms with Crippen molar-refractivity contribution in [3.63, 3.8) is 0 Å². The van der Waals surface area contributed by atoms with Crippen LogP contribution in [0.15, 0.2) is 21.2 Å². The molecule has 0 saturated heterocycles. The van der Waals surface area contributed by atoms with Gasteiger partial charge in [0, 0.05) is 12.5 Å². The second kappa shape index (κ2) is 6.74. The fraction of sp³-hybridized carbons (Fsp3) is 0.467. The summed E-state index contributed by atoms with van der Waals surface area (Å²) < 4.78 is 5.65. The topological polar surface area (TPSA) is 65.1 Å². The highest BCUT2D eigenvalue weighted by atomic mass is 32.1. The van der Waals surface area contributed by atoms with Crippen LogP contribution in [0.3, 0.4) is 0 Å². The molecule has 112 valence electrons. The van der Waals surface area contributed by atoms with E-state index in [9.17, 15) is 0 Å². The van der Waals surface area contributed by atoms with E-state index in [1.54, 1.807) is 11.3 Å². The molecule has 0 saturated carbocycles. The number of oxazole rings is 1. The van der Waals surface area contributed by atoms with Crippen molar-refractivity contribution in [2.75, 3.05) is 26.0 Å². The Bertz CT molecular complexity index is 610. The normalized spacial score (nSPS) is 12.6. The lowest BCUT2D eigenvalue weighted by atomic mass is 10.1. The summed E-state index contributed by atoms with van der Waals surface area (Å²) in [5.74, 6) is 1.21. The third-order valence-corrected chi connectivity index (χ3v) is 3.95. The highest BCUT2D eigenvalue weighted by Gasteiger charge is 2.19. The van der Waals surface area contributed by atoms with Gasteiger partial charge in [-0.3, -0.25) is 0 Å². The van der Waals surface area contributed by atoms with E-state index < -0.39 is 0 Å². The summed E-state index contributed by atoms with van der Waals surface area (Å²) >= 11 is 1.68. The van der Waals surface area contributed by atoms with Crippen LogP contribution in [0.1, 0.15) is 43.0 Å². The number of nitrogens with one attached hydrogen (secondary N) is 1. The molecule has 0 fully saturated rings. The van der Waals surface area contributed by atoms with Crippen LogP contribution in [0.4, 0.5) is 5.88 Å². The second-order valence-electron chi connectivity index (χ2n) is 5.41. The molecule has 0 spiro atoms. The Morgan fingerprint density at radius 2 is 2.24 bits per heavy atom. The van der Waals surface area contributed by atoms with Gasteiger partial charge >= 0.3 is 0 Å². The number of hydrogen-bond donors (Lipinski definition) is 1. The van der Waals surface area contributed by atoms with E-state index in [4.69, 9.17) is 9.68 Å². The molecule has 2 heterocycles. The van der Waals surface area contributed by atoms with Gasteiger partial charge in [0.2, 0.25) is 17.5 Å². The molecule has 21 heavy (non-hydrogen) atoms. The maximum Gasteiger partial charge on any atom is 0.232 e. The summed E-state index contributed by atoms with van der Waals surface area (Å²) in [7, 11) is 4.07. The molecule has 2 rings (SSSR count). The van der Waals surface area contributed by atoms with Gasteiger partial charge in [-0.15, -0.1) is 0 Å². The monoisotopic (exact) mass is 304 g/mol. The first kappa shape index (κ1) is 15.5. The number of nitrogens with zero attached hydrogens (tertiary/aromatic N) is 3. The van der Waals surface area contributed by atoms with Gasteiger partial charge in [-0.1, -0.05) is 13.8 Å². The zero-order chi connectivity index (χ0) is 15.4. The van der Waals surface area contributed by atoms with Crippen molar-refractivity contribution in [1.29, 1.82) is 5.26 Å². The minimum absolute atomic E-state index is 0.161. The minimum atomic E-state index is 0.161. The van der Waals surface area contributed by atoms with Gasteiger partial charge in [-0.2, -0.15) is 16.6 Å². The average Bonchev–Trinajstić information content (AvgIpc) is 3.07. The highest BCUT2D eigenvalue weighted by Crippen LogP contribution is 2.25. The predicted octanol–water partition coefficient (Wildman–Crippen LogP) is 3.45. The molecule has 2 aromatic heterocycles. The summed E-state index contributed by atoms with van der Waals surface area (Å²) in [6.07, 6.45) is 0. The molecular formula is C15H20N4OS. The van der Waals surface area contributed by atoms with E-state index in [0.29, 0.717) is 24.0 Å². The molecule has 0 amide bonds. The maximum absolute atomic E-state index is 9.15. The first-order chi connectivity index (χ1) is 10.0. The minimum Gasteiger partial charge on any atom is -0.424 e. The number of anilines is 1. The fourth-order valence-corrected chi connectivity index (χ4v) is 2.74. The van der Waals surface area contributed by atoms with Crippen LogP contribution in [0.25, 0.3) is 0 Å². The van der Waals surface area contributed by atoms with Crippen LogP contribution in [0.2, 0.25) is 0 Å². The van der Waals surface area contributed by atoms with E-state index in [1.807, 2.05) is 27.9 Å². The Balaban J connectivity index is 2.13. The molecule has 0 aliphatic carbocycles. The summed E-state index contributed by atoms with van der Waals surface area (Å²) in [5.41, 5.74) is 1.57. The quantitative estimate of drug-likeness (QED) is 0.885. The number of thiophene rings is 1. The van der Waals surface area contributed by atoms with Gasteiger partial charge in [0.1, 0.15) is 6.07 Å². The number of hydrogen-bond acceptors (Lipinski definition) is 6. The van der Waals surface area contributed by atoms with Crippen LogP contribution in [0.5, 0.6) is 0 Å². The smallest absolute Gasteiger partial charge is 0.232 e. The van der Waals surface area contributed by atoms with Gasteiger partial charge in [-0.25, -0.2) is 4.98 Å². The molecule has 2 aromatic rings. The van der Waals surface area contributed by atoms with Crippen molar-refractivity contribution < 1.29 is 4.42 Å². The van der Waals surface area contributed by atoms with E-state index in [1.165, 1.54) is 5.56 Å². The summed E-state index contributed by atoms with van der Waals surface area (Å²) in [5, 5.41) is 16.6. The molecule has 1 unspecified atom stereocenters. The van der Waals surface area contributed by atoms with Gasteiger partial charge < -0.3 is 14.6 Å². The second-order valence-corrected chi connectivity index (χ2v) is 6.19. The standard InChI is InChI=1S/C15H20N4OS/c1-10(2)14-18-12(7-16)15(20-14)17-8-13(19(3)4)11-5-6-21-9-11/h5-6,9-10,13,17H,8H2,1-4H3. The van der Waals surface area contributed by atoms with Crippen LogP contribution < -0.4 is 5.32 Å². The summed E-state index contributed by atoms with van der Waals surface area (Å²) in [6, 6.07) is 4.41. The van der Waals surface area contributed by atoms with Gasteiger partial charge in [0.15, 0.2) is 0 Å². The van der Waals surface area contributed by atoms with Gasteiger partial charge in [0.05, 0.1) is 6.04 Å². The SMILES string of the molecule is CC(C)c1nc(C#N)c(NCC(c2ccsc2)N(C)C)o1. The third-order valence-electron chi connectivity index (χ3n) is 3.25. The molecule has 5 nitrogen and oxygen atoms in total. The molecule has 0 radical (unpaired) electrons. The molecule has 0 bridgehead atoms. The lowest BCUT2D eigenvalue weighted by Crippen LogP contribution is -2.26. The number of rotatable bonds is 6. The van der Waals surface area contributed by atoms with E-state index in [2.05, 4.69) is 38.1 Å². The zero-order valence-corrected chi connectivity index (χ0v) is 13.6. The van der Waals surface area contributed by atoms with Crippen LogP contribution >= 0.6 is 11.3 Å². The maximum atomic E-state index is 9.15. The van der Waals surface area contributed by atoms with Crippen molar-refractivity contribution in [3.8, 4) is 6.07 Å². The third kappa shape index (κ3) is 3.63. The first-order valence-corrected chi connectivity index (χ1v) is 7.80. The first-order valence-electron chi connectivity index (χ1n) is 6.86. The largest absolute Gasteiger partial charge is 0.424 e. The lowest BCUT2D eigenvalue weighted by Gasteiger charge is -2.23. The van der Waals surface area contributed by atoms with Crippen molar-refractivity contribution in [2.24, 2.45) is 0 Å². The average molecular weight is 304 g/mol. The highest BCUT2D eigenvalue weighted by molar-refractivity contribution is 7.07. The van der Waals surface area contributed by atoms with Gasteiger partial charge in [-0.05, 0) is 36.5 Å². The van der Waals surface area contributed by atoms with Crippen molar-refractivity contribution in [2.45, 2.75) is 25.8 Å². The Labute approximate surface area is 129 Å². The number of nitriles is 1. The van der Waals surface area contributed by atoms with E-state index in [0.717, 1.165) is 0 Å². The predicted molar refractivity (Wildman–Crippen MR) is 84.5 cm³/mol. The van der Waals surface area contributed by atoms with Gasteiger partial charge in [0.25, 0.3) is 0 Å². The molecule has 6 heteroatoms. The zero-order valence-electron chi connectivity index (χ0n) is 12.8. The van der Waals surface area contributed by atoms with Crippen LogP contribution in [0, 0.1) is 11.3 Å². The van der Waals surface area contributed by atoms with Crippen LogP contribution in [-0.2, 0) is 0 Å². The Kier molecular flexibility index (Phi) is 4.99. The Hall–Kier alpha value is -1.84. The molecule has 1 N–H and O–H groups in total. The number of likely N-dealkylation sites (N-methyl/N-ethyl adjacent to an activating group) is 1. The molecular weight excluding hydrogens is 284 g/mol. The van der Waals surface area contributed by atoms with E-state index >= 15 is 0 Å². The Morgan fingerprint density at radius 3 is 2.76 bits per heavy atom. The van der Waals surface area contributed by atoms with Crippen molar-refractivity contribution in [3.05, 3.63) is 34.0 Å². The molecule has 0 aliphatic heterocycles. The summed E-state index contributed by atoms with van der Waals surface area (Å²) in [4.78, 5) is 6.35. The molecule has 0 aromatic carbocycles. The van der Waals surface area contributed by atoms with Crippen molar-refractivity contribution in [1.82, 2.24) is 9.88 Å². The fourth-order valence-electron chi connectivity index (χ4n) is 2.03. The lowest BCUT2D eigenvalue weighted by molar-refractivity contribution is 0.310.